The van der Waals surface area contributed by atoms with E-state index in [1.165, 1.54) is 5.56 Å². The Balaban J connectivity index is 2.02. The van der Waals surface area contributed by atoms with Crippen molar-refractivity contribution in [1.82, 2.24) is 4.90 Å². The van der Waals surface area contributed by atoms with Crippen LogP contribution in [0.15, 0.2) is 18.2 Å². The van der Waals surface area contributed by atoms with Crippen molar-refractivity contribution in [3.05, 3.63) is 34.3 Å². The normalized spacial score (nSPS) is 22.2. The van der Waals surface area contributed by atoms with Crippen molar-refractivity contribution in [1.29, 1.82) is 0 Å². The lowest BCUT2D eigenvalue weighted by atomic mass is 10.1. The molecule has 0 radical (unpaired) electrons. The molecule has 3 heteroatoms. The van der Waals surface area contributed by atoms with E-state index in [4.69, 9.17) is 11.6 Å². The highest BCUT2D eigenvalue weighted by Gasteiger charge is 2.19. The fraction of sp³-hybridized carbons (Fsp3) is 0.500. The van der Waals surface area contributed by atoms with Gasteiger partial charge in [-0.15, -0.1) is 0 Å². The minimum atomic E-state index is -0.140. The van der Waals surface area contributed by atoms with E-state index in [0.717, 1.165) is 36.6 Å². The average Bonchev–Trinajstić information content (AvgIpc) is 2.58. The fourth-order valence-electron chi connectivity index (χ4n) is 2.02. The molecule has 1 aliphatic rings. The molecule has 0 aliphatic carbocycles. The Hall–Kier alpha value is -0.570. The van der Waals surface area contributed by atoms with Gasteiger partial charge < -0.3 is 5.11 Å². The number of hydrogen-bond donors (Lipinski definition) is 1. The summed E-state index contributed by atoms with van der Waals surface area (Å²) < 4.78 is 0. The SMILES string of the molecule is Cc1cc(CN2CC[C@H](O)C2)ccc1Cl. The number of likely N-dealkylation sites (tertiary alicyclic amines) is 1. The molecule has 2 rings (SSSR count). The van der Waals surface area contributed by atoms with Gasteiger partial charge in [0.15, 0.2) is 0 Å². The number of aliphatic hydroxyl groups is 1. The first-order valence-corrected chi connectivity index (χ1v) is 5.68. The van der Waals surface area contributed by atoms with Gasteiger partial charge in [0.2, 0.25) is 0 Å². The van der Waals surface area contributed by atoms with Crippen LogP contribution < -0.4 is 0 Å². The van der Waals surface area contributed by atoms with Crippen molar-refractivity contribution in [3.8, 4) is 0 Å². The Morgan fingerprint density at radius 1 is 1.53 bits per heavy atom. The summed E-state index contributed by atoms with van der Waals surface area (Å²) in [4.78, 5) is 2.27. The van der Waals surface area contributed by atoms with Crippen LogP contribution in [0.25, 0.3) is 0 Å². The molecular weight excluding hydrogens is 210 g/mol. The molecule has 1 aromatic rings. The second kappa shape index (κ2) is 4.52. The summed E-state index contributed by atoms with van der Waals surface area (Å²) in [7, 11) is 0. The summed E-state index contributed by atoms with van der Waals surface area (Å²) in [5, 5.41) is 10.2. The Bertz CT molecular complexity index is 353. The molecule has 2 nitrogen and oxygen atoms in total. The van der Waals surface area contributed by atoms with Gasteiger partial charge in [-0.2, -0.15) is 0 Å². The third-order valence-corrected chi connectivity index (χ3v) is 3.30. The summed E-state index contributed by atoms with van der Waals surface area (Å²) in [6, 6.07) is 6.12. The number of nitrogens with zero attached hydrogens (tertiary/aromatic N) is 1. The van der Waals surface area contributed by atoms with E-state index in [1.807, 2.05) is 13.0 Å². The summed E-state index contributed by atoms with van der Waals surface area (Å²) in [5.74, 6) is 0. The molecule has 1 fully saturated rings. The highest BCUT2D eigenvalue weighted by Crippen LogP contribution is 2.19. The predicted octanol–water partition coefficient (Wildman–Crippen LogP) is 2.22. The maximum atomic E-state index is 9.41. The van der Waals surface area contributed by atoms with Gasteiger partial charge in [0.25, 0.3) is 0 Å². The minimum Gasteiger partial charge on any atom is -0.392 e. The molecule has 1 heterocycles. The van der Waals surface area contributed by atoms with Crippen LogP contribution >= 0.6 is 11.6 Å². The van der Waals surface area contributed by atoms with Gasteiger partial charge in [0.1, 0.15) is 0 Å². The van der Waals surface area contributed by atoms with Crippen LogP contribution in [-0.2, 0) is 6.54 Å². The van der Waals surface area contributed by atoms with Gasteiger partial charge in [-0.25, -0.2) is 0 Å². The number of aliphatic hydroxyl groups excluding tert-OH is 1. The standard InChI is InChI=1S/C12H16ClNO/c1-9-6-10(2-3-12(9)13)7-14-5-4-11(15)8-14/h2-3,6,11,15H,4-5,7-8H2,1H3/t11-/m0/s1. The maximum Gasteiger partial charge on any atom is 0.0679 e. The number of aryl methyl sites for hydroxylation is 1. The summed E-state index contributed by atoms with van der Waals surface area (Å²) in [6.07, 6.45) is 0.755. The lowest BCUT2D eigenvalue weighted by molar-refractivity contribution is 0.175. The minimum absolute atomic E-state index is 0.140. The molecule has 1 N–H and O–H groups in total. The monoisotopic (exact) mass is 225 g/mol. The summed E-state index contributed by atoms with van der Waals surface area (Å²) in [5.41, 5.74) is 2.39. The molecular formula is C12H16ClNO. The molecule has 1 atom stereocenters. The second-order valence-corrected chi connectivity index (χ2v) is 4.67. The molecule has 0 aromatic heterocycles. The summed E-state index contributed by atoms with van der Waals surface area (Å²) in [6.45, 7) is 4.71. The number of hydrogen-bond acceptors (Lipinski definition) is 2. The topological polar surface area (TPSA) is 23.5 Å². The average molecular weight is 226 g/mol. The van der Waals surface area contributed by atoms with Crippen LogP contribution in [0.5, 0.6) is 0 Å². The summed E-state index contributed by atoms with van der Waals surface area (Å²) >= 11 is 5.97. The lowest BCUT2D eigenvalue weighted by Gasteiger charge is -2.15. The number of β-amino-alcohol motifs (C(OH)–C–C–N with tert-alkyl or cyclic N) is 1. The fourth-order valence-corrected chi connectivity index (χ4v) is 2.14. The first-order valence-electron chi connectivity index (χ1n) is 5.30. The van der Waals surface area contributed by atoms with Gasteiger partial charge in [0, 0.05) is 24.7 Å². The zero-order chi connectivity index (χ0) is 10.8. The van der Waals surface area contributed by atoms with Crippen LogP contribution in [0.3, 0.4) is 0 Å². The first-order chi connectivity index (χ1) is 7.15. The van der Waals surface area contributed by atoms with Crippen LogP contribution in [0.2, 0.25) is 5.02 Å². The Morgan fingerprint density at radius 3 is 2.93 bits per heavy atom. The van der Waals surface area contributed by atoms with Crippen molar-refractivity contribution in [2.24, 2.45) is 0 Å². The molecule has 0 bridgehead atoms. The van der Waals surface area contributed by atoms with E-state index in [2.05, 4.69) is 17.0 Å². The Morgan fingerprint density at radius 2 is 2.33 bits per heavy atom. The predicted molar refractivity (Wildman–Crippen MR) is 62.1 cm³/mol. The van der Waals surface area contributed by atoms with Gasteiger partial charge in [-0.3, -0.25) is 4.90 Å². The smallest absolute Gasteiger partial charge is 0.0679 e. The third kappa shape index (κ3) is 2.71. The van der Waals surface area contributed by atoms with E-state index < -0.39 is 0 Å². The van der Waals surface area contributed by atoms with E-state index in [1.54, 1.807) is 0 Å². The largest absolute Gasteiger partial charge is 0.392 e. The molecule has 0 unspecified atom stereocenters. The van der Waals surface area contributed by atoms with Crippen molar-refractivity contribution >= 4 is 11.6 Å². The molecule has 0 saturated carbocycles. The molecule has 15 heavy (non-hydrogen) atoms. The maximum absolute atomic E-state index is 9.41. The number of rotatable bonds is 2. The second-order valence-electron chi connectivity index (χ2n) is 4.26. The van der Waals surface area contributed by atoms with Crippen molar-refractivity contribution in [2.45, 2.75) is 26.0 Å². The number of benzene rings is 1. The molecule has 1 aliphatic heterocycles. The molecule has 0 spiro atoms. The molecule has 1 saturated heterocycles. The van der Waals surface area contributed by atoms with E-state index in [0.29, 0.717) is 0 Å². The van der Waals surface area contributed by atoms with Crippen molar-refractivity contribution < 1.29 is 5.11 Å². The first kappa shape index (κ1) is 10.9. The molecule has 0 amide bonds. The van der Waals surface area contributed by atoms with Crippen molar-refractivity contribution in [3.63, 3.8) is 0 Å². The highest BCUT2D eigenvalue weighted by molar-refractivity contribution is 6.31. The van der Waals surface area contributed by atoms with Gasteiger partial charge >= 0.3 is 0 Å². The van der Waals surface area contributed by atoms with Gasteiger partial charge in [0.05, 0.1) is 6.10 Å². The van der Waals surface area contributed by atoms with Crippen LogP contribution in [0.1, 0.15) is 17.5 Å². The van der Waals surface area contributed by atoms with Crippen LogP contribution in [0.4, 0.5) is 0 Å². The van der Waals surface area contributed by atoms with Crippen LogP contribution in [0, 0.1) is 6.92 Å². The quantitative estimate of drug-likeness (QED) is 0.835. The lowest BCUT2D eigenvalue weighted by Crippen LogP contribution is -2.21. The van der Waals surface area contributed by atoms with Crippen molar-refractivity contribution in [2.75, 3.05) is 13.1 Å². The Labute approximate surface area is 95.5 Å². The van der Waals surface area contributed by atoms with Crippen LogP contribution in [-0.4, -0.2) is 29.2 Å². The molecule has 82 valence electrons. The van der Waals surface area contributed by atoms with Gasteiger partial charge in [-0.1, -0.05) is 23.7 Å². The third-order valence-electron chi connectivity index (χ3n) is 2.88. The Kier molecular flexibility index (Phi) is 3.29. The van der Waals surface area contributed by atoms with Gasteiger partial charge in [-0.05, 0) is 30.5 Å². The number of halogens is 1. The zero-order valence-electron chi connectivity index (χ0n) is 8.91. The van der Waals surface area contributed by atoms with E-state index in [9.17, 15) is 5.11 Å². The zero-order valence-corrected chi connectivity index (χ0v) is 9.67. The molecule has 1 aromatic carbocycles. The van der Waals surface area contributed by atoms with E-state index >= 15 is 0 Å². The van der Waals surface area contributed by atoms with E-state index in [-0.39, 0.29) is 6.10 Å². The highest BCUT2D eigenvalue weighted by atomic mass is 35.5.